The number of nitrogens with one attached hydrogen (secondary N) is 1. The van der Waals surface area contributed by atoms with E-state index in [-0.39, 0.29) is 23.2 Å². The molecule has 2 aromatic heterocycles. The van der Waals surface area contributed by atoms with E-state index < -0.39 is 17.7 Å². The first-order valence-corrected chi connectivity index (χ1v) is 9.20. The van der Waals surface area contributed by atoms with E-state index in [0.29, 0.717) is 18.0 Å². The monoisotopic (exact) mass is 401 g/mol. The van der Waals surface area contributed by atoms with E-state index in [1.807, 2.05) is 6.92 Å². The smallest absolute Gasteiger partial charge is 0.313 e. The van der Waals surface area contributed by atoms with Gasteiger partial charge in [0.05, 0.1) is 28.5 Å². The zero-order valence-corrected chi connectivity index (χ0v) is 16.0. The van der Waals surface area contributed by atoms with Gasteiger partial charge < -0.3 is 16.0 Å². The van der Waals surface area contributed by atoms with E-state index in [0.717, 1.165) is 12.0 Å². The average Bonchev–Trinajstić information content (AvgIpc) is 2.67. The van der Waals surface area contributed by atoms with Gasteiger partial charge in [0, 0.05) is 25.1 Å². The quantitative estimate of drug-likeness (QED) is 0.764. The van der Waals surface area contributed by atoms with Crippen LogP contribution < -0.4 is 11.1 Å². The predicted molar refractivity (Wildman–Crippen MR) is 103 cm³/mol. The van der Waals surface area contributed by atoms with E-state index in [2.05, 4.69) is 15.3 Å². The summed E-state index contributed by atoms with van der Waals surface area (Å²) in [6.45, 7) is 2.48. The molecule has 9 heteroatoms. The molecule has 2 aromatic rings. The maximum atomic E-state index is 12.9. The Balaban J connectivity index is 1.80. The third kappa shape index (κ3) is 4.45. The molecular weight excluding hydrogens is 382 g/mol. The first kappa shape index (κ1) is 19.8. The van der Waals surface area contributed by atoms with Gasteiger partial charge in [-0.2, -0.15) is 0 Å². The van der Waals surface area contributed by atoms with Gasteiger partial charge in [-0.1, -0.05) is 18.5 Å². The Bertz CT molecular complexity index is 920. The highest BCUT2D eigenvalue weighted by molar-refractivity contribution is 6.39. The van der Waals surface area contributed by atoms with Gasteiger partial charge in [-0.05, 0) is 36.5 Å². The fourth-order valence-corrected chi connectivity index (χ4v) is 3.47. The lowest BCUT2D eigenvalue weighted by Gasteiger charge is -2.38. The number of amides is 3. The van der Waals surface area contributed by atoms with Gasteiger partial charge in [0.2, 0.25) is 5.91 Å². The largest absolute Gasteiger partial charge is 0.366 e. The number of pyridine rings is 2. The SMILES string of the molecule is C[C@H]1CC[C@H](c2cncc(Cl)c2)N(C(=O)C(=O)Nc2cncc(C(N)=O)c2)C1. The van der Waals surface area contributed by atoms with Crippen LogP contribution in [0.2, 0.25) is 5.02 Å². The van der Waals surface area contributed by atoms with Gasteiger partial charge in [-0.3, -0.25) is 24.4 Å². The predicted octanol–water partition coefficient (Wildman–Crippen LogP) is 2.17. The molecule has 0 aliphatic carbocycles. The first-order valence-electron chi connectivity index (χ1n) is 8.82. The van der Waals surface area contributed by atoms with Crippen molar-refractivity contribution in [3.05, 3.63) is 53.1 Å². The van der Waals surface area contributed by atoms with Crippen molar-refractivity contribution in [2.75, 3.05) is 11.9 Å². The molecule has 1 aliphatic rings. The second-order valence-electron chi connectivity index (χ2n) is 6.87. The van der Waals surface area contributed by atoms with Crippen molar-refractivity contribution in [2.24, 2.45) is 11.7 Å². The van der Waals surface area contributed by atoms with Crippen LogP contribution in [-0.2, 0) is 9.59 Å². The molecule has 0 unspecified atom stereocenters. The third-order valence-electron chi connectivity index (χ3n) is 4.66. The van der Waals surface area contributed by atoms with Crippen LogP contribution in [0.5, 0.6) is 0 Å². The van der Waals surface area contributed by atoms with Crippen LogP contribution >= 0.6 is 11.6 Å². The van der Waals surface area contributed by atoms with Crippen LogP contribution in [0.15, 0.2) is 36.9 Å². The van der Waals surface area contributed by atoms with Crippen molar-refractivity contribution >= 4 is 35.0 Å². The van der Waals surface area contributed by atoms with Crippen LogP contribution in [0.1, 0.15) is 41.7 Å². The molecule has 8 nitrogen and oxygen atoms in total. The highest BCUT2D eigenvalue weighted by Crippen LogP contribution is 2.34. The molecule has 0 saturated carbocycles. The Hall–Kier alpha value is -3.00. The fraction of sp³-hybridized carbons (Fsp3) is 0.316. The van der Waals surface area contributed by atoms with Gasteiger partial charge in [-0.15, -0.1) is 0 Å². The Labute approximate surface area is 167 Å². The van der Waals surface area contributed by atoms with Gasteiger partial charge >= 0.3 is 11.8 Å². The zero-order chi connectivity index (χ0) is 20.3. The summed E-state index contributed by atoms with van der Waals surface area (Å²) < 4.78 is 0. The number of rotatable bonds is 3. The lowest BCUT2D eigenvalue weighted by molar-refractivity contribution is -0.146. The van der Waals surface area contributed by atoms with E-state index >= 15 is 0 Å². The fourth-order valence-electron chi connectivity index (χ4n) is 3.29. The lowest BCUT2D eigenvalue weighted by atomic mass is 9.90. The van der Waals surface area contributed by atoms with E-state index in [1.54, 1.807) is 17.2 Å². The second kappa shape index (κ2) is 8.35. The van der Waals surface area contributed by atoms with E-state index in [1.165, 1.54) is 24.7 Å². The Morgan fingerprint density at radius 3 is 2.61 bits per heavy atom. The number of primary amides is 1. The summed E-state index contributed by atoms with van der Waals surface area (Å²) in [7, 11) is 0. The number of piperidine rings is 1. The van der Waals surface area contributed by atoms with Crippen LogP contribution in [0.25, 0.3) is 0 Å². The number of nitrogens with two attached hydrogens (primary N) is 1. The Morgan fingerprint density at radius 1 is 1.14 bits per heavy atom. The minimum Gasteiger partial charge on any atom is -0.366 e. The Kier molecular flexibility index (Phi) is 5.89. The van der Waals surface area contributed by atoms with Crippen LogP contribution in [-0.4, -0.2) is 39.1 Å². The third-order valence-corrected chi connectivity index (χ3v) is 4.87. The van der Waals surface area contributed by atoms with Gasteiger partial charge in [-0.25, -0.2) is 0 Å². The second-order valence-corrected chi connectivity index (χ2v) is 7.31. The molecule has 0 spiro atoms. The number of likely N-dealkylation sites (tertiary alicyclic amines) is 1. The molecule has 1 fully saturated rings. The average molecular weight is 402 g/mol. The number of carbonyl (C=O) groups excluding carboxylic acids is 3. The highest BCUT2D eigenvalue weighted by atomic mass is 35.5. The molecule has 3 rings (SSSR count). The molecule has 146 valence electrons. The number of hydrogen-bond acceptors (Lipinski definition) is 5. The van der Waals surface area contributed by atoms with Crippen molar-refractivity contribution in [3.63, 3.8) is 0 Å². The zero-order valence-electron chi connectivity index (χ0n) is 15.3. The molecule has 3 heterocycles. The molecule has 0 aromatic carbocycles. The number of hydrogen-bond donors (Lipinski definition) is 2. The summed E-state index contributed by atoms with van der Waals surface area (Å²) >= 11 is 6.04. The molecule has 3 N–H and O–H groups in total. The molecule has 0 bridgehead atoms. The van der Waals surface area contributed by atoms with Crippen LogP contribution in [0, 0.1) is 5.92 Å². The normalized spacial score (nSPS) is 19.1. The summed E-state index contributed by atoms with van der Waals surface area (Å²) in [5.74, 6) is -1.88. The summed E-state index contributed by atoms with van der Waals surface area (Å²) in [4.78, 5) is 46.2. The van der Waals surface area contributed by atoms with Crippen molar-refractivity contribution in [3.8, 4) is 0 Å². The number of carbonyl (C=O) groups is 3. The van der Waals surface area contributed by atoms with Crippen molar-refractivity contribution in [1.29, 1.82) is 0 Å². The van der Waals surface area contributed by atoms with Crippen molar-refractivity contribution in [2.45, 2.75) is 25.8 Å². The van der Waals surface area contributed by atoms with Crippen molar-refractivity contribution < 1.29 is 14.4 Å². The number of aromatic nitrogens is 2. The Morgan fingerprint density at radius 2 is 1.89 bits per heavy atom. The lowest BCUT2D eigenvalue weighted by Crippen LogP contribution is -2.46. The van der Waals surface area contributed by atoms with E-state index in [9.17, 15) is 14.4 Å². The number of nitrogens with zero attached hydrogens (tertiary/aromatic N) is 3. The summed E-state index contributed by atoms with van der Waals surface area (Å²) in [6.07, 6.45) is 7.44. The maximum Gasteiger partial charge on any atom is 0.313 e. The molecular formula is C19H20ClN5O3. The molecule has 1 saturated heterocycles. The highest BCUT2D eigenvalue weighted by Gasteiger charge is 2.34. The van der Waals surface area contributed by atoms with Gasteiger partial charge in [0.25, 0.3) is 0 Å². The standard InChI is InChI=1S/C19H20ClN5O3/c1-11-2-3-16(12-4-14(20)8-22-6-12)25(10-11)19(28)18(27)24-15-5-13(17(21)26)7-23-9-15/h4-9,11,16H,2-3,10H2,1H3,(H2,21,26)(H,24,27)/t11-,16+/m0/s1. The molecule has 1 aliphatic heterocycles. The minimum absolute atomic E-state index is 0.139. The molecule has 2 atom stereocenters. The summed E-state index contributed by atoms with van der Waals surface area (Å²) in [6, 6.07) is 2.85. The van der Waals surface area contributed by atoms with Crippen molar-refractivity contribution in [1.82, 2.24) is 14.9 Å². The van der Waals surface area contributed by atoms with Crippen LogP contribution in [0.4, 0.5) is 5.69 Å². The van der Waals surface area contributed by atoms with Gasteiger partial charge in [0.1, 0.15) is 0 Å². The minimum atomic E-state index is -0.808. The van der Waals surface area contributed by atoms with E-state index in [4.69, 9.17) is 17.3 Å². The molecule has 0 radical (unpaired) electrons. The number of halogens is 1. The number of anilines is 1. The van der Waals surface area contributed by atoms with Gasteiger partial charge in [0.15, 0.2) is 0 Å². The molecule has 3 amide bonds. The van der Waals surface area contributed by atoms with Crippen LogP contribution in [0.3, 0.4) is 0 Å². The molecule has 28 heavy (non-hydrogen) atoms. The summed E-state index contributed by atoms with van der Waals surface area (Å²) in [5, 5.41) is 2.96. The first-order chi connectivity index (χ1) is 13.3. The topological polar surface area (TPSA) is 118 Å². The maximum absolute atomic E-state index is 12.9. The summed E-state index contributed by atoms with van der Waals surface area (Å²) in [5.41, 5.74) is 6.37.